The molecule has 0 aromatic heterocycles. The minimum absolute atomic E-state index is 0.0696. The van der Waals surface area contributed by atoms with E-state index in [1.807, 2.05) is 0 Å². The van der Waals surface area contributed by atoms with E-state index in [9.17, 15) is 4.79 Å². The number of nitrogens with zero attached hydrogens (tertiary/aromatic N) is 1. The second kappa shape index (κ2) is 7.97. The van der Waals surface area contributed by atoms with Gasteiger partial charge in [-0.3, -0.25) is 4.79 Å². The predicted octanol–water partition coefficient (Wildman–Crippen LogP) is 0.383. The lowest BCUT2D eigenvalue weighted by Gasteiger charge is -1.99. The van der Waals surface area contributed by atoms with E-state index in [0.29, 0.717) is 12.3 Å². The highest BCUT2D eigenvalue weighted by molar-refractivity contribution is 7.99. The number of nitriles is 1. The van der Waals surface area contributed by atoms with Crippen molar-refractivity contribution in [3.8, 4) is 18.4 Å². The number of nitrogens with one attached hydrogen (secondary N) is 1. The summed E-state index contributed by atoms with van der Waals surface area (Å²) in [5, 5.41) is 10.7. The molecular weight excluding hydrogens is 172 g/mol. The summed E-state index contributed by atoms with van der Waals surface area (Å²) < 4.78 is 0. The van der Waals surface area contributed by atoms with Crippen LogP contribution in [0.4, 0.5) is 0 Å². The van der Waals surface area contributed by atoms with Gasteiger partial charge in [0, 0.05) is 12.3 Å². The second-order valence-electron chi connectivity index (χ2n) is 1.94. The van der Waals surface area contributed by atoms with Gasteiger partial charge in [-0.15, -0.1) is 18.2 Å². The number of amides is 1. The van der Waals surface area contributed by atoms with Crippen molar-refractivity contribution in [3.63, 3.8) is 0 Å². The molecule has 1 N–H and O–H groups in total. The standard InChI is InChI=1S/C8H10N2OS/c1-2-6-12-7-5-10-8(11)3-4-9/h1H,3,5-7H2,(H,10,11). The number of carbonyl (C=O) groups is 1. The van der Waals surface area contributed by atoms with Crippen LogP contribution in [0.5, 0.6) is 0 Å². The zero-order valence-electron chi connectivity index (χ0n) is 6.67. The predicted molar refractivity (Wildman–Crippen MR) is 49.4 cm³/mol. The van der Waals surface area contributed by atoms with E-state index in [1.54, 1.807) is 17.8 Å². The van der Waals surface area contributed by atoms with E-state index in [1.165, 1.54) is 0 Å². The molecule has 64 valence electrons. The molecule has 1 amide bonds. The third kappa shape index (κ3) is 6.98. The molecule has 0 aliphatic heterocycles. The maximum atomic E-state index is 10.7. The Labute approximate surface area is 76.5 Å². The fraction of sp³-hybridized carbons (Fsp3) is 0.500. The summed E-state index contributed by atoms with van der Waals surface area (Å²) in [5.41, 5.74) is 0. The normalized spacial score (nSPS) is 8.17. The number of terminal acetylenes is 1. The maximum Gasteiger partial charge on any atom is 0.234 e. The minimum Gasteiger partial charge on any atom is -0.354 e. The third-order valence-electron chi connectivity index (χ3n) is 0.994. The first-order valence-corrected chi connectivity index (χ1v) is 4.61. The van der Waals surface area contributed by atoms with Crippen LogP contribution in [0.2, 0.25) is 0 Å². The van der Waals surface area contributed by atoms with Gasteiger partial charge in [-0.05, 0) is 0 Å². The van der Waals surface area contributed by atoms with Crippen LogP contribution in [-0.4, -0.2) is 24.0 Å². The van der Waals surface area contributed by atoms with Crippen LogP contribution >= 0.6 is 11.8 Å². The van der Waals surface area contributed by atoms with Crippen LogP contribution < -0.4 is 5.32 Å². The average Bonchev–Trinajstić information content (AvgIpc) is 2.05. The van der Waals surface area contributed by atoms with Gasteiger partial charge in [-0.25, -0.2) is 0 Å². The Morgan fingerprint density at radius 1 is 1.67 bits per heavy atom. The maximum absolute atomic E-state index is 10.7. The molecule has 0 aromatic rings. The summed E-state index contributed by atoms with van der Waals surface area (Å²) in [7, 11) is 0. The molecule has 0 aromatic carbocycles. The molecule has 0 heterocycles. The molecular formula is C8H10N2OS. The van der Waals surface area contributed by atoms with Crippen molar-refractivity contribution in [1.29, 1.82) is 5.26 Å². The van der Waals surface area contributed by atoms with Gasteiger partial charge >= 0.3 is 0 Å². The van der Waals surface area contributed by atoms with Gasteiger partial charge in [0.2, 0.25) is 5.91 Å². The van der Waals surface area contributed by atoms with Gasteiger partial charge in [0.25, 0.3) is 0 Å². The molecule has 0 unspecified atom stereocenters. The third-order valence-corrected chi connectivity index (χ3v) is 1.86. The first kappa shape index (κ1) is 10.9. The summed E-state index contributed by atoms with van der Waals surface area (Å²) >= 11 is 1.58. The van der Waals surface area contributed by atoms with Crippen molar-refractivity contribution in [3.05, 3.63) is 0 Å². The van der Waals surface area contributed by atoms with Crippen molar-refractivity contribution in [2.45, 2.75) is 6.42 Å². The van der Waals surface area contributed by atoms with Crippen LogP contribution in [0.1, 0.15) is 6.42 Å². The second-order valence-corrected chi connectivity index (χ2v) is 3.05. The lowest BCUT2D eigenvalue weighted by atomic mass is 10.4. The lowest BCUT2D eigenvalue weighted by molar-refractivity contribution is -0.119. The summed E-state index contributed by atoms with van der Waals surface area (Å²) in [4.78, 5) is 10.7. The first-order chi connectivity index (χ1) is 5.81. The lowest BCUT2D eigenvalue weighted by Crippen LogP contribution is -2.24. The number of hydrogen-bond acceptors (Lipinski definition) is 3. The Hall–Kier alpha value is -1.13. The largest absolute Gasteiger partial charge is 0.354 e. The highest BCUT2D eigenvalue weighted by Gasteiger charge is 1.96. The van der Waals surface area contributed by atoms with E-state index in [2.05, 4.69) is 11.2 Å². The zero-order valence-corrected chi connectivity index (χ0v) is 7.49. The Kier molecular flexibility index (Phi) is 7.22. The van der Waals surface area contributed by atoms with Crippen molar-refractivity contribution >= 4 is 17.7 Å². The van der Waals surface area contributed by atoms with Crippen molar-refractivity contribution in [2.24, 2.45) is 0 Å². The van der Waals surface area contributed by atoms with Gasteiger partial charge in [0.15, 0.2) is 0 Å². The van der Waals surface area contributed by atoms with E-state index in [0.717, 1.165) is 5.75 Å². The van der Waals surface area contributed by atoms with Crippen LogP contribution in [0.15, 0.2) is 0 Å². The summed E-state index contributed by atoms with van der Waals surface area (Å²) in [6.45, 7) is 0.576. The number of thioether (sulfide) groups is 1. The average molecular weight is 182 g/mol. The van der Waals surface area contributed by atoms with Crippen LogP contribution in [-0.2, 0) is 4.79 Å². The molecule has 0 saturated carbocycles. The highest BCUT2D eigenvalue weighted by atomic mass is 32.2. The Bertz CT molecular complexity index is 214. The van der Waals surface area contributed by atoms with Crippen molar-refractivity contribution in [1.82, 2.24) is 5.32 Å². The molecule has 0 aliphatic carbocycles. The van der Waals surface area contributed by atoms with Gasteiger partial charge in [0.05, 0.1) is 11.8 Å². The molecule has 0 saturated heterocycles. The van der Waals surface area contributed by atoms with Crippen LogP contribution in [0, 0.1) is 23.7 Å². The molecule has 12 heavy (non-hydrogen) atoms. The minimum atomic E-state index is -0.223. The highest BCUT2D eigenvalue weighted by Crippen LogP contribution is 1.95. The van der Waals surface area contributed by atoms with Crippen LogP contribution in [0.25, 0.3) is 0 Å². The van der Waals surface area contributed by atoms with Crippen molar-refractivity contribution in [2.75, 3.05) is 18.1 Å². The van der Waals surface area contributed by atoms with E-state index >= 15 is 0 Å². The van der Waals surface area contributed by atoms with Gasteiger partial charge in [-0.1, -0.05) is 5.92 Å². The monoisotopic (exact) mass is 182 g/mol. The molecule has 3 nitrogen and oxygen atoms in total. The Morgan fingerprint density at radius 3 is 3.00 bits per heavy atom. The molecule has 0 radical (unpaired) electrons. The van der Waals surface area contributed by atoms with Gasteiger partial charge in [0.1, 0.15) is 6.42 Å². The SMILES string of the molecule is C#CCSCCNC(=O)CC#N. The fourth-order valence-electron chi connectivity index (χ4n) is 0.528. The molecule has 0 bridgehead atoms. The number of hydrogen-bond donors (Lipinski definition) is 1. The first-order valence-electron chi connectivity index (χ1n) is 3.46. The molecule has 0 fully saturated rings. The smallest absolute Gasteiger partial charge is 0.234 e. The summed E-state index contributed by atoms with van der Waals surface area (Å²) in [6, 6.07) is 1.77. The fourth-order valence-corrected chi connectivity index (χ4v) is 1.04. The van der Waals surface area contributed by atoms with Crippen molar-refractivity contribution < 1.29 is 4.79 Å². The molecule has 0 aliphatic rings. The molecule has 0 rings (SSSR count). The Balaban J connectivity index is 3.16. The number of carbonyl (C=O) groups excluding carboxylic acids is 1. The zero-order chi connectivity index (χ0) is 9.23. The molecule has 0 atom stereocenters. The van der Waals surface area contributed by atoms with Gasteiger partial charge < -0.3 is 5.32 Å². The summed E-state index contributed by atoms with van der Waals surface area (Å²) in [6.07, 6.45) is 4.95. The molecule has 0 spiro atoms. The van der Waals surface area contributed by atoms with E-state index in [-0.39, 0.29) is 12.3 Å². The van der Waals surface area contributed by atoms with E-state index < -0.39 is 0 Å². The summed E-state index contributed by atoms with van der Waals surface area (Å²) in [5.74, 6) is 3.71. The van der Waals surface area contributed by atoms with Crippen LogP contribution in [0.3, 0.4) is 0 Å². The van der Waals surface area contributed by atoms with Gasteiger partial charge in [-0.2, -0.15) is 5.26 Å². The Morgan fingerprint density at radius 2 is 2.42 bits per heavy atom. The quantitative estimate of drug-likeness (QED) is 0.494. The van der Waals surface area contributed by atoms with E-state index in [4.69, 9.17) is 11.7 Å². The topological polar surface area (TPSA) is 52.9 Å². The molecule has 4 heteroatoms. The number of rotatable bonds is 5.